The molecule has 3 aromatic carbocycles. The average Bonchev–Trinajstić information content (AvgIpc) is 2.99. The lowest BCUT2D eigenvalue weighted by molar-refractivity contribution is -0.117. The Morgan fingerprint density at radius 1 is 0.744 bits per heavy atom. The highest BCUT2D eigenvalue weighted by atomic mass is 35.5. The van der Waals surface area contributed by atoms with Crippen molar-refractivity contribution in [3.63, 3.8) is 0 Å². The number of carbonyl (C=O) groups excluding carboxylic acids is 2. The summed E-state index contributed by atoms with van der Waals surface area (Å²) in [6, 6.07) is 19.2. The Morgan fingerprint density at radius 3 is 2.05 bits per heavy atom. The molecule has 43 heavy (non-hydrogen) atoms. The van der Waals surface area contributed by atoms with Crippen LogP contribution in [0.15, 0.2) is 83.2 Å². The smallest absolute Gasteiger partial charge is 0.180 e. The average molecular weight is 637 g/mol. The molecule has 1 heterocycles. The minimum absolute atomic E-state index is 0.0864. The van der Waals surface area contributed by atoms with Gasteiger partial charge in [-0.05, 0) is 73.6 Å². The van der Waals surface area contributed by atoms with Crippen molar-refractivity contribution in [3.8, 4) is 11.5 Å². The van der Waals surface area contributed by atoms with Crippen molar-refractivity contribution >= 4 is 46.4 Å². The Morgan fingerprint density at radius 2 is 1.42 bits per heavy atom. The quantitative estimate of drug-likeness (QED) is 0.247. The van der Waals surface area contributed by atoms with E-state index in [1.807, 2.05) is 43.3 Å². The van der Waals surface area contributed by atoms with Crippen molar-refractivity contribution in [3.05, 3.63) is 115 Å². The summed E-state index contributed by atoms with van der Waals surface area (Å²) in [6.45, 7) is 3.11. The SMILES string of the molecule is CCOc1cc(C2C3=C(CCCC3=O)N(Cc3ccccc3)C3=C2C(=O)CCC3)cc(Cl)c1OCc1ccc(Cl)c(Cl)c1. The van der Waals surface area contributed by atoms with Gasteiger partial charge in [-0.3, -0.25) is 9.59 Å². The molecule has 0 spiro atoms. The van der Waals surface area contributed by atoms with Crippen LogP contribution in [0, 0.1) is 0 Å². The van der Waals surface area contributed by atoms with Crippen LogP contribution in [0.25, 0.3) is 0 Å². The molecule has 1 aliphatic heterocycles. The van der Waals surface area contributed by atoms with E-state index < -0.39 is 5.92 Å². The highest BCUT2D eigenvalue weighted by molar-refractivity contribution is 6.42. The Bertz CT molecular complexity index is 1600. The number of carbonyl (C=O) groups is 2. The van der Waals surface area contributed by atoms with Crippen LogP contribution in [0.3, 0.4) is 0 Å². The van der Waals surface area contributed by atoms with Crippen LogP contribution in [0.2, 0.25) is 15.1 Å². The molecule has 0 saturated carbocycles. The normalized spacial score (nSPS) is 17.3. The Balaban J connectivity index is 1.44. The van der Waals surface area contributed by atoms with E-state index in [1.165, 1.54) is 0 Å². The Hall–Kier alpha value is -3.25. The molecule has 3 aliphatic rings. The van der Waals surface area contributed by atoms with Crippen LogP contribution >= 0.6 is 34.8 Å². The maximum Gasteiger partial charge on any atom is 0.180 e. The minimum atomic E-state index is -0.501. The third-order valence-electron chi connectivity index (χ3n) is 8.30. The van der Waals surface area contributed by atoms with E-state index >= 15 is 0 Å². The lowest BCUT2D eigenvalue weighted by Gasteiger charge is -2.44. The summed E-state index contributed by atoms with van der Waals surface area (Å²) >= 11 is 19.2. The molecule has 0 amide bonds. The summed E-state index contributed by atoms with van der Waals surface area (Å²) in [4.78, 5) is 29.7. The number of hydrogen-bond donors (Lipinski definition) is 0. The fourth-order valence-electron chi connectivity index (χ4n) is 6.45. The number of rotatable bonds is 8. The molecule has 0 radical (unpaired) electrons. The summed E-state index contributed by atoms with van der Waals surface area (Å²) < 4.78 is 12.2. The van der Waals surface area contributed by atoms with Gasteiger partial charge in [0.1, 0.15) is 6.61 Å². The molecule has 6 rings (SSSR count). The molecule has 0 fully saturated rings. The predicted molar refractivity (Wildman–Crippen MR) is 170 cm³/mol. The Labute approximate surface area is 267 Å². The number of halogens is 3. The van der Waals surface area contributed by atoms with Gasteiger partial charge in [0.05, 0.1) is 21.7 Å². The highest BCUT2D eigenvalue weighted by Gasteiger charge is 2.43. The molecule has 0 N–H and O–H groups in total. The molecule has 5 nitrogen and oxygen atoms in total. The van der Waals surface area contributed by atoms with Gasteiger partial charge in [-0.1, -0.05) is 71.2 Å². The van der Waals surface area contributed by atoms with Gasteiger partial charge in [-0.2, -0.15) is 0 Å². The highest BCUT2D eigenvalue weighted by Crippen LogP contribution is 2.51. The van der Waals surface area contributed by atoms with Gasteiger partial charge in [0.15, 0.2) is 23.1 Å². The molecule has 0 unspecified atom stereocenters. The van der Waals surface area contributed by atoms with Gasteiger partial charge in [-0.25, -0.2) is 0 Å². The largest absolute Gasteiger partial charge is 0.490 e. The van der Waals surface area contributed by atoms with E-state index in [-0.39, 0.29) is 18.2 Å². The standard InChI is InChI=1S/C35H32Cl3NO4/c1-2-42-31-18-23(17-26(38)35(31)43-20-22-14-15-24(36)25(37)16-22)32-33-27(10-6-12-29(33)40)39(19-21-8-4-3-5-9-21)28-11-7-13-30(41)34(28)32/h3-5,8-9,14-18,32H,2,6-7,10-13,19-20H2,1H3. The third-order valence-corrected chi connectivity index (χ3v) is 9.32. The van der Waals surface area contributed by atoms with Gasteiger partial charge in [-0.15, -0.1) is 0 Å². The number of allylic oxidation sites excluding steroid dienone is 4. The molecular formula is C35H32Cl3NO4. The van der Waals surface area contributed by atoms with Crippen molar-refractivity contribution in [2.45, 2.75) is 64.5 Å². The number of hydrogen-bond acceptors (Lipinski definition) is 5. The fourth-order valence-corrected chi connectivity index (χ4v) is 7.04. The van der Waals surface area contributed by atoms with Crippen molar-refractivity contribution in [1.29, 1.82) is 0 Å². The van der Waals surface area contributed by atoms with Crippen molar-refractivity contribution in [2.75, 3.05) is 6.61 Å². The van der Waals surface area contributed by atoms with Crippen LogP contribution in [0.4, 0.5) is 0 Å². The van der Waals surface area contributed by atoms with E-state index in [0.29, 0.717) is 63.7 Å². The molecule has 0 saturated heterocycles. The molecule has 0 aromatic heterocycles. The fraction of sp³-hybridized carbons (Fsp3) is 0.314. The first-order valence-electron chi connectivity index (χ1n) is 14.7. The molecule has 222 valence electrons. The first-order valence-corrected chi connectivity index (χ1v) is 15.9. The second-order valence-corrected chi connectivity index (χ2v) is 12.3. The zero-order chi connectivity index (χ0) is 30.1. The maximum absolute atomic E-state index is 13.7. The number of benzene rings is 3. The van der Waals surface area contributed by atoms with Crippen LogP contribution in [0.5, 0.6) is 11.5 Å². The molecule has 8 heteroatoms. The second kappa shape index (κ2) is 12.8. The summed E-state index contributed by atoms with van der Waals surface area (Å²) in [5.74, 6) is 0.533. The van der Waals surface area contributed by atoms with Crippen LogP contribution in [0.1, 0.15) is 68.1 Å². The van der Waals surface area contributed by atoms with E-state index in [1.54, 1.807) is 12.1 Å². The van der Waals surface area contributed by atoms with Crippen LogP contribution in [-0.2, 0) is 22.7 Å². The topological polar surface area (TPSA) is 55.8 Å². The number of Topliss-reactive ketones (excluding diaryl/α,β-unsaturated/α-hetero) is 2. The van der Waals surface area contributed by atoms with Gasteiger partial charge < -0.3 is 14.4 Å². The van der Waals surface area contributed by atoms with Crippen LogP contribution in [-0.4, -0.2) is 23.1 Å². The van der Waals surface area contributed by atoms with Crippen molar-refractivity contribution < 1.29 is 19.1 Å². The summed E-state index contributed by atoms with van der Waals surface area (Å²) in [7, 11) is 0. The first kappa shape index (κ1) is 29.8. The molecule has 2 aliphatic carbocycles. The summed E-state index contributed by atoms with van der Waals surface area (Å²) in [5.41, 5.74) is 6.19. The zero-order valence-electron chi connectivity index (χ0n) is 23.9. The predicted octanol–water partition coefficient (Wildman–Crippen LogP) is 9.24. The summed E-state index contributed by atoms with van der Waals surface area (Å²) in [5, 5.41) is 1.26. The molecule has 0 atom stereocenters. The lowest BCUT2D eigenvalue weighted by atomic mass is 9.71. The monoisotopic (exact) mass is 635 g/mol. The maximum atomic E-state index is 13.7. The third kappa shape index (κ3) is 5.95. The minimum Gasteiger partial charge on any atom is -0.490 e. The number of ether oxygens (including phenoxy) is 2. The van der Waals surface area contributed by atoms with E-state index in [2.05, 4.69) is 17.0 Å². The number of ketones is 2. The first-order chi connectivity index (χ1) is 20.9. The van der Waals surface area contributed by atoms with Gasteiger partial charge in [0, 0.05) is 47.8 Å². The zero-order valence-corrected chi connectivity index (χ0v) is 26.2. The Kier molecular flexibility index (Phi) is 8.85. The number of nitrogens with zero attached hydrogens (tertiary/aromatic N) is 1. The van der Waals surface area contributed by atoms with Crippen molar-refractivity contribution in [2.24, 2.45) is 0 Å². The van der Waals surface area contributed by atoms with Gasteiger partial charge >= 0.3 is 0 Å². The van der Waals surface area contributed by atoms with E-state index in [4.69, 9.17) is 44.3 Å². The van der Waals surface area contributed by atoms with Crippen LogP contribution < -0.4 is 9.47 Å². The van der Waals surface area contributed by atoms with E-state index in [9.17, 15) is 9.59 Å². The van der Waals surface area contributed by atoms with Crippen molar-refractivity contribution in [1.82, 2.24) is 4.90 Å². The molecular weight excluding hydrogens is 605 g/mol. The van der Waals surface area contributed by atoms with Gasteiger partial charge in [0.2, 0.25) is 0 Å². The lowest BCUT2D eigenvalue weighted by Crippen LogP contribution is -2.38. The van der Waals surface area contributed by atoms with E-state index in [0.717, 1.165) is 53.8 Å². The van der Waals surface area contributed by atoms with Gasteiger partial charge in [0.25, 0.3) is 0 Å². The second-order valence-electron chi connectivity index (χ2n) is 11.1. The molecule has 3 aromatic rings. The summed E-state index contributed by atoms with van der Waals surface area (Å²) in [6.07, 6.45) is 4.07. The molecule has 0 bridgehead atoms.